The quantitative estimate of drug-likeness (QED) is 0.542. The minimum absolute atomic E-state index is 0.250. The van der Waals surface area contributed by atoms with Crippen molar-refractivity contribution < 1.29 is 4.79 Å². The van der Waals surface area contributed by atoms with Gasteiger partial charge in [0.25, 0.3) is 5.91 Å². The number of rotatable bonds is 4. The van der Waals surface area contributed by atoms with Crippen LogP contribution >= 0.6 is 11.6 Å². The highest BCUT2D eigenvalue weighted by Gasteiger charge is 2.04. The third-order valence-corrected chi connectivity index (χ3v) is 3.76. The number of carbonyl (C=O) groups excluding carboxylic acids is 1. The molecule has 0 unspecified atom stereocenters. The smallest absolute Gasteiger partial charge is 0.267 e. The Balaban J connectivity index is 1.64. The van der Waals surface area contributed by atoms with Gasteiger partial charge >= 0.3 is 0 Å². The first-order chi connectivity index (χ1) is 11.7. The lowest BCUT2D eigenvalue weighted by Crippen LogP contribution is -2.17. The minimum atomic E-state index is -0.250. The molecule has 3 nitrogen and oxygen atoms in total. The summed E-state index contributed by atoms with van der Waals surface area (Å²) in [7, 11) is 0. The van der Waals surface area contributed by atoms with E-state index in [1.807, 2.05) is 54.6 Å². The third kappa shape index (κ3) is 4.09. The summed E-state index contributed by atoms with van der Waals surface area (Å²) in [6, 6.07) is 24.6. The number of hydrogen-bond donors (Lipinski definition) is 1. The molecule has 0 atom stereocenters. The molecule has 1 amide bonds. The van der Waals surface area contributed by atoms with Crippen molar-refractivity contribution in [2.75, 3.05) is 0 Å². The maximum atomic E-state index is 12.1. The average molecular weight is 335 g/mol. The van der Waals surface area contributed by atoms with Gasteiger partial charge in [-0.2, -0.15) is 5.10 Å². The van der Waals surface area contributed by atoms with E-state index < -0.39 is 0 Å². The lowest BCUT2D eigenvalue weighted by Gasteiger charge is -2.03. The molecule has 118 valence electrons. The standard InChI is InChI=1S/C20H15ClN2O/c21-19-12-6-15(7-13-19)14-22-23-20(24)18-10-8-17(9-11-18)16-4-2-1-3-5-16/h1-14H,(H,23,24)/b22-14+. The first-order valence-corrected chi connectivity index (χ1v) is 7.84. The Morgan fingerprint density at radius 3 is 2.12 bits per heavy atom. The first kappa shape index (κ1) is 16.0. The third-order valence-electron chi connectivity index (χ3n) is 3.50. The summed E-state index contributed by atoms with van der Waals surface area (Å²) in [4.78, 5) is 12.1. The van der Waals surface area contributed by atoms with Crippen molar-refractivity contribution in [2.45, 2.75) is 0 Å². The van der Waals surface area contributed by atoms with Gasteiger partial charge in [0.1, 0.15) is 0 Å². The monoisotopic (exact) mass is 334 g/mol. The largest absolute Gasteiger partial charge is 0.271 e. The van der Waals surface area contributed by atoms with Gasteiger partial charge in [-0.25, -0.2) is 5.43 Å². The number of carbonyl (C=O) groups is 1. The van der Waals surface area contributed by atoms with Crippen LogP contribution in [0.4, 0.5) is 0 Å². The fraction of sp³-hybridized carbons (Fsp3) is 0. The van der Waals surface area contributed by atoms with Gasteiger partial charge in [-0.3, -0.25) is 4.79 Å². The lowest BCUT2D eigenvalue weighted by molar-refractivity contribution is 0.0955. The molecule has 3 aromatic rings. The van der Waals surface area contributed by atoms with Crippen molar-refractivity contribution in [3.8, 4) is 11.1 Å². The highest BCUT2D eigenvalue weighted by atomic mass is 35.5. The van der Waals surface area contributed by atoms with Crippen molar-refractivity contribution in [1.29, 1.82) is 0 Å². The number of hydrogen-bond acceptors (Lipinski definition) is 2. The number of nitrogens with one attached hydrogen (secondary N) is 1. The predicted molar refractivity (Wildman–Crippen MR) is 98.4 cm³/mol. The van der Waals surface area contributed by atoms with E-state index in [4.69, 9.17) is 11.6 Å². The van der Waals surface area contributed by atoms with Crippen LogP contribution in [0.25, 0.3) is 11.1 Å². The van der Waals surface area contributed by atoms with Gasteiger partial charge in [0.05, 0.1) is 6.21 Å². The molecule has 1 N–H and O–H groups in total. The molecule has 0 aliphatic heterocycles. The summed E-state index contributed by atoms with van der Waals surface area (Å²) in [6.07, 6.45) is 1.58. The molecule has 3 aromatic carbocycles. The van der Waals surface area contributed by atoms with Crippen LogP contribution in [0, 0.1) is 0 Å². The fourth-order valence-electron chi connectivity index (χ4n) is 2.22. The number of halogens is 1. The van der Waals surface area contributed by atoms with Crippen molar-refractivity contribution in [3.63, 3.8) is 0 Å². The van der Waals surface area contributed by atoms with Crippen molar-refractivity contribution in [3.05, 3.63) is 95.0 Å². The van der Waals surface area contributed by atoms with E-state index in [0.29, 0.717) is 10.6 Å². The number of benzene rings is 3. The maximum absolute atomic E-state index is 12.1. The van der Waals surface area contributed by atoms with Crippen molar-refractivity contribution >= 4 is 23.7 Å². The Morgan fingerprint density at radius 2 is 1.46 bits per heavy atom. The molecule has 0 aliphatic carbocycles. The summed E-state index contributed by atoms with van der Waals surface area (Å²) in [5, 5.41) is 4.62. The van der Waals surface area contributed by atoms with Crippen LogP contribution in [-0.4, -0.2) is 12.1 Å². The Bertz CT molecular complexity index is 841. The average Bonchev–Trinajstić information content (AvgIpc) is 2.64. The molecule has 0 saturated heterocycles. The van der Waals surface area contributed by atoms with Gasteiger partial charge in [0.2, 0.25) is 0 Å². The second-order valence-corrected chi connectivity index (χ2v) is 5.63. The normalized spacial score (nSPS) is 10.7. The molecular formula is C20H15ClN2O. The van der Waals surface area contributed by atoms with Crippen LogP contribution in [-0.2, 0) is 0 Å². The van der Waals surface area contributed by atoms with E-state index in [-0.39, 0.29) is 5.91 Å². The fourth-order valence-corrected chi connectivity index (χ4v) is 2.35. The van der Waals surface area contributed by atoms with E-state index >= 15 is 0 Å². The number of hydrazone groups is 1. The molecule has 24 heavy (non-hydrogen) atoms. The van der Waals surface area contributed by atoms with Gasteiger partial charge in [-0.1, -0.05) is 66.2 Å². The van der Waals surface area contributed by atoms with Crippen LogP contribution < -0.4 is 5.43 Å². The SMILES string of the molecule is O=C(N/N=C/c1ccc(Cl)cc1)c1ccc(-c2ccccc2)cc1. The Hall–Kier alpha value is -2.91. The number of amides is 1. The van der Waals surface area contributed by atoms with Crippen LogP contribution in [0.1, 0.15) is 15.9 Å². The van der Waals surface area contributed by atoms with E-state index in [1.165, 1.54) is 0 Å². The van der Waals surface area contributed by atoms with E-state index in [0.717, 1.165) is 16.7 Å². The highest BCUT2D eigenvalue weighted by molar-refractivity contribution is 6.30. The lowest BCUT2D eigenvalue weighted by atomic mass is 10.0. The minimum Gasteiger partial charge on any atom is -0.267 e. The topological polar surface area (TPSA) is 41.5 Å². The molecule has 0 heterocycles. The Labute approximate surface area is 145 Å². The Morgan fingerprint density at radius 1 is 0.833 bits per heavy atom. The van der Waals surface area contributed by atoms with Crippen LogP contribution in [0.3, 0.4) is 0 Å². The number of nitrogens with zero attached hydrogens (tertiary/aromatic N) is 1. The summed E-state index contributed by atoms with van der Waals surface area (Å²) < 4.78 is 0. The van der Waals surface area contributed by atoms with E-state index in [1.54, 1.807) is 30.5 Å². The maximum Gasteiger partial charge on any atom is 0.271 e. The van der Waals surface area contributed by atoms with E-state index in [9.17, 15) is 4.79 Å². The van der Waals surface area contributed by atoms with Gasteiger partial charge in [0.15, 0.2) is 0 Å². The zero-order chi connectivity index (χ0) is 16.8. The molecule has 0 fully saturated rings. The second-order valence-electron chi connectivity index (χ2n) is 5.19. The van der Waals surface area contributed by atoms with Gasteiger partial charge in [-0.05, 0) is 41.0 Å². The highest BCUT2D eigenvalue weighted by Crippen LogP contribution is 2.19. The van der Waals surface area contributed by atoms with Crippen LogP contribution in [0.2, 0.25) is 5.02 Å². The zero-order valence-electron chi connectivity index (χ0n) is 12.8. The van der Waals surface area contributed by atoms with Gasteiger partial charge < -0.3 is 0 Å². The van der Waals surface area contributed by atoms with E-state index in [2.05, 4.69) is 10.5 Å². The summed E-state index contributed by atoms with van der Waals surface area (Å²) in [5.74, 6) is -0.250. The van der Waals surface area contributed by atoms with Gasteiger partial charge in [-0.15, -0.1) is 0 Å². The van der Waals surface area contributed by atoms with Crippen LogP contribution in [0.15, 0.2) is 84.0 Å². The molecule has 0 spiro atoms. The molecule has 0 saturated carbocycles. The first-order valence-electron chi connectivity index (χ1n) is 7.47. The zero-order valence-corrected chi connectivity index (χ0v) is 13.6. The molecule has 0 aromatic heterocycles. The van der Waals surface area contributed by atoms with Crippen molar-refractivity contribution in [2.24, 2.45) is 5.10 Å². The summed E-state index contributed by atoms with van der Waals surface area (Å²) in [6.45, 7) is 0. The molecule has 0 radical (unpaired) electrons. The molecule has 0 bridgehead atoms. The summed E-state index contributed by atoms with van der Waals surface area (Å²) in [5.41, 5.74) is 6.12. The van der Waals surface area contributed by atoms with Gasteiger partial charge in [0, 0.05) is 10.6 Å². The predicted octanol–water partition coefficient (Wildman–Crippen LogP) is 4.77. The van der Waals surface area contributed by atoms with Crippen molar-refractivity contribution in [1.82, 2.24) is 5.43 Å². The molecular weight excluding hydrogens is 320 g/mol. The molecule has 3 rings (SSSR count). The molecule has 0 aliphatic rings. The van der Waals surface area contributed by atoms with Crippen LogP contribution in [0.5, 0.6) is 0 Å². The Kier molecular flexibility index (Phi) is 5.04. The second kappa shape index (κ2) is 7.57. The summed E-state index contributed by atoms with van der Waals surface area (Å²) >= 11 is 5.82. The molecule has 4 heteroatoms.